The number of amides is 1. The van der Waals surface area contributed by atoms with Crippen LogP contribution in [0, 0.1) is 17.8 Å². The summed E-state index contributed by atoms with van der Waals surface area (Å²) in [5.41, 5.74) is -0.546. The second-order valence-corrected chi connectivity index (χ2v) is 5.86. The van der Waals surface area contributed by atoms with Crippen LogP contribution in [0.3, 0.4) is 0 Å². The maximum absolute atomic E-state index is 11.1. The van der Waals surface area contributed by atoms with E-state index in [2.05, 4.69) is 12.2 Å². The molecule has 2 fully saturated rings. The number of hydrogen-bond donors (Lipinski definition) is 2. The molecule has 5 atom stereocenters. The van der Waals surface area contributed by atoms with Gasteiger partial charge in [-0.2, -0.15) is 0 Å². The molecule has 3 heteroatoms. The van der Waals surface area contributed by atoms with E-state index in [0.29, 0.717) is 23.8 Å². The second kappa shape index (κ2) is 4.02. The van der Waals surface area contributed by atoms with Gasteiger partial charge in [0.2, 0.25) is 5.91 Å². The van der Waals surface area contributed by atoms with Crippen molar-refractivity contribution in [1.29, 1.82) is 0 Å². The Hall–Kier alpha value is -0.570. The first-order valence-electron chi connectivity index (χ1n) is 6.42. The van der Waals surface area contributed by atoms with Crippen LogP contribution in [-0.4, -0.2) is 22.7 Å². The third-order valence-corrected chi connectivity index (χ3v) is 4.89. The quantitative estimate of drug-likeness (QED) is 0.713. The van der Waals surface area contributed by atoms with E-state index in [0.717, 1.165) is 25.7 Å². The van der Waals surface area contributed by atoms with Gasteiger partial charge in [0, 0.05) is 13.0 Å². The summed E-state index contributed by atoms with van der Waals surface area (Å²) < 4.78 is 0. The predicted octanol–water partition coefficient (Wildman–Crippen LogP) is 1.70. The zero-order valence-corrected chi connectivity index (χ0v) is 10.5. The number of rotatable bonds is 1. The van der Waals surface area contributed by atoms with Gasteiger partial charge in [0.05, 0.1) is 5.60 Å². The lowest BCUT2D eigenvalue weighted by Crippen LogP contribution is -2.50. The molecule has 0 heterocycles. The summed E-state index contributed by atoms with van der Waals surface area (Å²) in [6.45, 7) is 5.70. The molecule has 0 aromatic carbocycles. The van der Waals surface area contributed by atoms with Crippen LogP contribution in [0.4, 0.5) is 0 Å². The van der Waals surface area contributed by atoms with Crippen LogP contribution < -0.4 is 5.32 Å². The maximum atomic E-state index is 11.1. The van der Waals surface area contributed by atoms with Gasteiger partial charge in [-0.15, -0.1) is 0 Å². The average molecular weight is 225 g/mol. The number of fused-ring (bicyclic) bond motifs is 1. The normalized spacial score (nSPS) is 47.5. The third kappa shape index (κ3) is 1.86. The van der Waals surface area contributed by atoms with Gasteiger partial charge in [-0.1, -0.05) is 6.92 Å². The van der Waals surface area contributed by atoms with E-state index in [9.17, 15) is 9.90 Å². The fourth-order valence-electron chi connectivity index (χ4n) is 3.74. The molecule has 3 nitrogen and oxygen atoms in total. The van der Waals surface area contributed by atoms with Crippen molar-refractivity contribution in [2.75, 3.05) is 0 Å². The first-order chi connectivity index (χ1) is 7.43. The topological polar surface area (TPSA) is 49.3 Å². The van der Waals surface area contributed by atoms with Gasteiger partial charge in [-0.25, -0.2) is 0 Å². The van der Waals surface area contributed by atoms with Crippen LogP contribution in [0.2, 0.25) is 0 Å². The van der Waals surface area contributed by atoms with Crippen molar-refractivity contribution in [2.24, 2.45) is 17.8 Å². The molecule has 0 aromatic rings. The third-order valence-electron chi connectivity index (χ3n) is 4.89. The van der Waals surface area contributed by atoms with Crippen LogP contribution in [0.15, 0.2) is 0 Å². The highest BCUT2D eigenvalue weighted by molar-refractivity contribution is 5.73. The Balaban J connectivity index is 2.11. The van der Waals surface area contributed by atoms with Crippen LogP contribution in [-0.2, 0) is 4.79 Å². The Labute approximate surface area is 97.6 Å². The van der Waals surface area contributed by atoms with E-state index in [-0.39, 0.29) is 5.91 Å². The average Bonchev–Trinajstić information content (AvgIpc) is 2.56. The van der Waals surface area contributed by atoms with Crippen LogP contribution in [0.25, 0.3) is 0 Å². The zero-order chi connectivity index (χ0) is 11.9. The molecule has 16 heavy (non-hydrogen) atoms. The summed E-state index contributed by atoms with van der Waals surface area (Å²) in [6, 6.07) is 0.293. The van der Waals surface area contributed by atoms with Gasteiger partial charge < -0.3 is 10.4 Å². The number of hydrogen-bond acceptors (Lipinski definition) is 2. The van der Waals surface area contributed by atoms with Gasteiger partial charge in [0.15, 0.2) is 0 Å². The highest BCUT2D eigenvalue weighted by atomic mass is 16.3. The molecule has 92 valence electrons. The minimum Gasteiger partial charge on any atom is -0.390 e. The van der Waals surface area contributed by atoms with Crippen LogP contribution >= 0.6 is 0 Å². The molecule has 1 amide bonds. The molecule has 2 rings (SSSR count). The maximum Gasteiger partial charge on any atom is 0.217 e. The Morgan fingerprint density at radius 2 is 2.00 bits per heavy atom. The zero-order valence-electron chi connectivity index (χ0n) is 10.5. The minimum atomic E-state index is -0.546. The summed E-state index contributed by atoms with van der Waals surface area (Å²) in [5, 5.41) is 13.6. The molecule has 2 saturated carbocycles. The molecule has 0 spiro atoms. The molecule has 0 aromatic heterocycles. The van der Waals surface area contributed by atoms with Crippen molar-refractivity contribution in [2.45, 2.75) is 58.1 Å². The standard InChI is InChI=1S/C13H23NO2/c1-8-4-5-10-11(13(8,3)16)6-7-12(10)14-9(2)15/h8,10-12,16H,4-7H2,1-3H3,(H,14,15). The summed E-state index contributed by atoms with van der Waals surface area (Å²) in [7, 11) is 0. The van der Waals surface area contributed by atoms with Gasteiger partial charge >= 0.3 is 0 Å². The predicted molar refractivity (Wildman–Crippen MR) is 62.8 cm³/mol. The van der Waals surface area contributed by atoms with E-state index in [1.54, 1.807) is 6.92 Å². The fourth-order valence-corrected chi connectivity index (χ4v) is 3.74. The Morgan fingerprint density at radius 3 is 2.62 bits per heavy atom. The highest BCUT2D eigenvalue weighted by Gasteiger charge is 2.50. The van der Waals surface area contributed by atoms with E-state index in [1.165, 1.54) is 0 Å². The monoisotopic (exact) mass is 225 g/mol. The lowest BCUT2D eigenvalue weighted by atomic mass is 9.65. The molecular formula is C13H23NO2. The van der Waals surface area contributed by atoms with E-state index < -0.39 is 5.60 Å². The van der Waals surface area contributed by atoms with Gasteiger partial charge in [-0.05, 0) is 50.4 Å². The molecule has 2 aliphatic carbocycles. The summed E-state index contributed by atoms with van der Waals surface area (Å²) in [5.74, 6) is 1.29. The largest absolute Gasteiger partial charge is 0.390 e. The molecule has 0 saturated heterocycles. The molecule has 0 aliphatic heterocycles. The Kier molecular flexibility index (Phi) is 2.99. The molecule has 2 N–H and O–H groups in total. The lowest BCUT2D eigenvalue weighted by Gasteiger charge is -2.45. The molecular weight excluding hydrogens is 202 g/mol. The van der Waals surface area contributed by atoms with Crippen molar-refractivity contribution in [3.05, 3.63) is 0 Å². The van der Waals surface area contributed by atoms with Crippen LogP contribution in [0.5, 0.6) is 0 Å². The lowest BCUT2D eigenvalue weighted by molar-refractivity contribution is -0.121. The van der Waals surface area contributed by atoms with Gasteiger partial charge in [0.1, 0.15) is 0 Å². The fraction of sp³-hybridized carbons (Fsp3) is 0.923. The molecule has 0 radical (unpaired) electrons. The second-order valence-electron chi connectivity index (χ2n) is 5.86. The Bertz CT molecular complexity index is 288. The summed E-state index contributed by atoms with van der Waals surface area (Å²) >= 11 is 0. The van der Waals surface area contributed by atoms with Crippen molar-refractivity contribution < 1.29 is 9.90 Å². The van der Waals surface area contributed by atoms with Crippen molar-refractivity contribution in [3.8, 4) is 0 Å². The Morgan fingerprint density at radius 1 is 1.31 bits per heavy atom. The minimum absolute atomic E-state index is 0.0592. The van der Waals surface area contributed by atoms with E-state index >= 15 is 0 Å². The number of nitrogens with one attached hydrogen (secondary N) is 1. The first-order valence-corrected chi connectivity index (χ1v) is 6.42. The van der Waals surface area contributed by atoms with Crippen molar-refractivity contribution >= 4 is 5.91 Å². The smallest absolute Gasteiger partial charge is 0.217 e. The van der Waals surface area contributed by atoms with E-state index in [1.807, 2.05) is 6.92 Å². The number of aliphatic hydroxyl groups is 1. The van der Waals surface area contributed by atoms with Crippen molar-refractivity contribution in [1.82, 2.24) is 5.32 Å². The summed E-state index contributed by atoms with van der Waals surface area (Å²) in [4.78, 5) is 11.1. The van der Waals surface area contributed by atoms with Gasteiger partial charge in [0.25, 0.3) is 0 Å². The van der Waals surface area contributed by atoms with Crippen LogP contribution in [0.1, 0.15) is 46.5 Å². The molecule has 0 bridgehead atoms. The molecule has 5 unspecified atom stereocenters. The summed E-state index contributed by atoms with van der Waals surface area (Å²) in [6.07, 6.45) is 4.29. The van der Waals surface area contributed by atoms with E-state index in [4.69, 9.17) is 0 Å². The SMILES string of the molecule is CC(=O)NC1CCC2C1CCC(C)C2(C)O. The van der Waals surface area contributed by atoms with Gasteiger partial charge in [-0.3, -0.25) is 4.79 Å². The van der Waals surface area contributed by atoms with Crippen molar-refractivity contribution in [3.63, 3.8) is 0 Å². The first kappa shape index (κ1) is 11.9. The number of carbonyl (C=O) groups is 1. The highest BCUT2D eigenvalue weighted by Crippen LogP contribution is 2.49. The molecule has 2 aliphatic rings. The number of carbonyl (C=O) groups excluding carboxylic acids is 1.